The van der Waals surface area contributed by atoms with Crippen molar-refractivity contribution < 1.29 is 74.8 Å². The maximum Gasteiger partial charge on any atom is 0.249 e. The smallest absolute Gasteiger partial charge is 0.249 e. The Labute approximate surface area is 429 Å². The number of aliphatic hydroxyl groups is 10. The molecule has 0 radical (unpaired) electrons. The highest BCUT2D eigenvalue weighted by Crippen LogP contribution is 2.30. The van der Waals surface area contributed by atoms with Gasteiger partial charge in [0.1, 0.15) is 61.0 Å². The van der Waals surface area contributed by atoms with Crippen molar-refractivity contribution in [1.29, 1.82) is 0 Å². The van der Waals surface area contributed by atoms with E-state index in [1.54, 1.807) is 0 Å². The molecule has 2 heterocycles. The lowest BCUT2D eigenvalue weighted by molar-refractivity contribution is -0.368. The Hall–Kier alpha value is -1.09. The number of nitrogens with one attached hydrogen (secondary N) is 1. The molecule has 16 nitrogen and oxygen atoms in total. The number of aliphatic hydroxyl groups excluding tert-OH is 10. The number of hydrogen-bond acceptors (Lipinski definition) is 15. The zero-order valence-corrected chi connectivity index (χ0v) is 44.5. The molecule has 0 aromatic heterocycles. The van der Waals surface area contributed by atoms with Crippen LogP contribution in [0.15, 0.2) is 0 Å². The quantitative estimate of drug-likeness (QED) is 0.0277. The maximum absolute atomic E-state index is 13.4. The molecule has 2 fully saturated rings. The van der Waals surface area contributed by atoms with Crippen molar-refractivity contribution in [3.63, 3.8) is 0 Å². The van der Waals surface area contributed by atoms with Crippen LogP contribution in [0, 0.1) is 0 Å². The molecule has 16 heteroatoms. The van der Waals surface area contributed by atoms with Crippen molar-refractivity contribution in [3.05, 3.63) is 0 Å². The van der Waals surface area contributed by atoms with Crippen LogP contribution in [0.5, 0.6) is 0 Å². The Kier molecular flexibility index (Phi) is 39.1. The summed E-state index contributed by atoms with van der Waals surface area (Å²) in [6.07, 6.45) is 19.2. The molecule has 1 amide bonds. The summed E-state index contributed by atoms with van der Waals surface area (Å²) < 4.78 is 22.9. The van der Waals surface area contributed by atoms with Crippen molar-refractivity contribution in [2.45, 2.75) is 324 Å². The minimum absolute atomic E-state index is 0.193. The Bertz CT molecular complexity index is 1240. The number of unbranched alkanes of at least 4 members (excludes halogenated alkanes) is 31. The first-order valence-corrected chi connectivity index (χ1v) is 29.0. The fraction of sp³-hybridized carbons (Fsp3) is 0.982. The third kappa shape index (κ3) is 28.0. The molecule has 422 valence electrons. The fourth-order valence-corrected chi connectivity index (χ4v) is 9.91. The summed E-state index contributed by atoms with van der Waals surface area (Å²) in [6.45, 7) is 2.42. The van der Waals surface area contributed by atoms with Crippen molar-refractivity contribution >= 4 is 5.91 Å². The first-order valence-electron chi connectivity index (χ1n) is 29.0. The minimum atomic E-state index is -1.87. The van der Waals surface area contributed by atoms with E-state index >= 15 is 0 Å². The van der Waals surface area contributed by atoms with Gasteiger partial charge in [-0.1, -0.05) is 226 Å². The molecule has 11 N–H and O–H groups in total. The Morgan fingerprint density at radius 3 is 1.21 bits per heavy atom. The number of rotatable bonds is 46. The zero-order chi connectivity index (χ0) is 52.1. The molecular formula is C55H107NO15. The van der Waals surface area contributed by atoms with Crippen LogP contribution in [0.2, 0.25) is 0 Å². The van der Waals surface area contributed by atoms with Gasteiger partial charge in [0.15, 0.2) is 12.6 Å². The van der Waals surface area contributed by atoms with Gasteiger partial charge < -0.3 is 75.3 Å². The molecule has 2 rings (SSSR count). The summed E-state index contributed by atoms with van der Waals surface area (Å²) in [5, 5.41) is 109. The van der Waals surface area contributed by atoms with Crippen LogP contribution in [0.25, 0.3) is 0 Å². The van der Waals surface area contributed by atoms with Crippen molar-refractivity contribution in [2.24, 2.45) is 0 Å². The highest BCUT2D eigenvalue weighted by atomic mass is 16.8. The highest BCUT2D eigenvalue weighted by molar-refractivity contribution is 5.80. The van der Waals surface area contributed by atoms with Crippen LogP contribution in [0.3, 0.4) is 0 Å². The molecule has 0 unspecified atom stereocenters. The molecule has 0 aromatic rings. The second-order valence-electron chi connectivity index (χ2n) is 21.1. The van der Waals surface area contributed by atoms with Gasteiger partial charge in [-0.05, 0) is 12.8 Å². The largest absolute Gasteiger partial charge is 0.394 e. The minimum Gasteiger partial charge on any atom is -0.394 e. The Morgan fingerprint density at radius 1 is 0.465 bits per heavy atom. The number of hydrogen-bond donors (Lipinski definition) is 11. The first-order chi connectivity index (χ1) is 34.4. The molecule has 2 saturated heterocycles. The van der Waals surface area contributed by atoms with Gasteiger partial charge in [0.05, 0.1) is 32.0 Å². The van der Waals surface area contributed by atoms with Crippen LogP contribution in [-0.4, -0.2) is 163 Å². The predicted octanol–water partition coefficient (Wildman–Crippen LogP) is 6.89. The number of carbonyl (C=O) groups is 1. The summed E-state index contributed by atoms with van der Waals surface area (Å²) >= 11 is 0. The lowest BCUT2D eigenvalue weighted by Gasteiger charge is -2.46. The van der Waals surface area contributed by atoms with E-state index in [1.807, 2.05) is 0 Å². The second kappa shape index (κ2) is 42.1. The van der Waals surface area contributed by atoms with Gasteiger partial charge in [0.2, 0.25) is 5.91 Å². The van der Waals surface area contributed by atoms with E-state index in [4.69, 9.17) is 18.9 Å². The topological polar surface area (TPSA) is 268 Å². The van der Waals surface area contributed by atoms with Gasteiger partial charge >= 0.3 is 0 Å². The lowest BCUT2D eigenvalue weighted by Crippen LogP contribution is -2.65. The van der Waals surface area contributed by atoms with Crippen molar-refractivity contribution in [1.82, 2.24) is 5.32 Å². The molecule has 2 aliphatic rings. The molecule has 0 aliphatic carbocycles. The van der Waals surface area contributed by atoms with E-state index in [0.717, 1.165) is 51.4 Å². The van der Waals surface area contributed by atoms with Gasteiger partial charge in [0.25, 0.3) is 0 Å². The monoisotopic (exact) mass is 1020 g/mol. The summed E-state index contributed by atoms with van der Waals surface area (Å²) in [4.78, 5) is 13.4. The SMILES string of the molecule is CCCCCCCCCCCCCCCCCCCCCC[C@@H](O)C(=O)N[C@@H](CO[C@H]1O[C@H](CO)[C@H](O)[C@H](O)[C@H]1O[C@H]1O[C@H](CO)[C@@H](O)[C@H](O)[C@H]1O)[C@H](O)[C@H](O)CCCCCCCCCCCCCCC. The first kappa shape index (κ1) is 66.0. The van der Waals surface area contributed by atoms with Gasteiger partial charge in [-0.3, -0.25) is 4.79 Å². The van der Waals surface area contributed by atoms with E-state index < -0.39 is 111 Å². The summed E-state index contributed by atoms with van der Waals surface area (Å²) in [6, 6.07) is -1.31. The molecule has 0 saturated carbocycles. The molecule has 71 heavy (non-hydrogen) atoms. The fourth-order valence-electron chi connectivity index (χ4n) is 9.91. The Morgan fingerprint density at radius 2 is 0.817 bits per heavy atom. The molecule has 2 aliphatic heterocycles. The zero-order valence-electron chi connectivity index (χ0n) is 44.5. The van der Waals surface area contributed by atoms with Gasteiger partial charge in [-0.2, -0.15) is 0 Å². The average molecular weight is 1020 g/mol. The van der Waals surface area contributed by atoms with E-state index in [9.17, 15) is 55.9 Å². The van der Waals surface area contributed by atoms with Crippen LogP contribution in [0.4, 0.5) is 0 Å². The van der Waals surface area contributed by atoms with Crippen LogP contribution in [-0.2, 0) is 23.7 Å². The average Bonchev–Trinajstić information content (AvgIpc) is 3.37. The highest BCUT2D eigenvalue weighted by Gasteiger charge is 2.51. The lowest BCUT2D eigenvalue weighted by atomic mass is 9.97. The van der Waals surface area contributed by atoms with Crippen molar-refractivity contribution in [3.8, 4) is 0 Å². The summed E-state index contributed by atoms with van der Waals surface area (Å²) in [7, 11) is 0. The summed E-state index contributed by atoms with van der Waals surface area (Å²) in [5.74, 6) is -0.772. The second-order valence-corrected chi connectivity index (χ2v) is 21.1. The predicted molar refractivity (Wildman–Crippen MR) is 275 cm³/mol. The molecule has 0 aromatic carbocycles. The molecule has 0 bridgehead atoms. The standard InChI is InChI=1S/C55H107NO15/c1-3-5-7-9-11-13-15-17-18-19-20-21-22-23-25-27-29-31-33-35-37-43(60)53(67)56-41(46(61)42(59)36-34-32-30-28-26-24-16-14-12-10-8-6-4-2)40-68-55-52(50(65)48(63)45(39-58)70-55)71-54-51(66)49(64)47(62)44(38-57)69-54/h41-52,54-55,57-66H,3-40H2,1-2H3,(H,56,67)/t41-,42+,43+,44+,45+,46-,47+,48-,49-,50-,51+,52+,54+,55-/m0/s1. The normalized spacial score (nSPS) is 26.6. The van der Waals surface area contributed by atoms with E-state index in [0.29, 0.717) is 12.8 Å². The van der Waals surface area contributed by atoms with E-state index in [-0.39, 0.29) is 12.8 Å². The number of amides is 1. The van der Waals surface area contributed by atoms with Gasteiger partial charge in [0, 0.05) is 0 Å². The third-order valence-corrected chi connectivity index (χ3v) is 14.8. The van der Waals surface area contributed by atoms with Gasteiger partial charge in [-0.15, -0.1) is 0 Å². The molecule has 0 spiro atoms. The van der Waals surface area contributed by atoms with Crippen LogP contribution < -0.4 is 5.32 Å². The van der Waals surface area contributed by atoms with E-state index in [1.165, 1.54) is 148 Å². The van der Waals surface area contributed by atoms with Crippen LogP contribution in [0.1, 0.15) is 239 Å². The maximum atomic E-state index is 13.4. The third-order valence-electron chi connectivity index (χ3n) is 14.8. The molecule has 14 atom stereocenters. The van der Waals surface area contributed by atoms with Crippen molar-refractivity contribution in [2.75, 3.05) is 19.8 Å². The summed E-state index contributed by atoms with van der Waals surface area (Å²) in [5.41, 5.74) is 0. The van der Waals surface area contributed by atoms with E-state index in [2.05, 4.69) is 19.2 Å². The number of carbonyl (C=O) groups excluding carboxylic acids is 1. The van der Waals surface area contributed by atoms with Crippen LogP contribution >= 0.6 is 0 Å². The molecular weight excluding hydrogens is 915 g/mol. The van der Waals surface area contributed by atoms with Gasteiger partial charge in [-0.25, -0.2) is 0 Å². The number of ether oxygens (including phenoxy) is 4. The Balaban J connectivity index is 1.88.